The predicted octanol–water partition coefficient (Wildman–Crippen LogP) is 3.25. The second-order valence-electron chi connectivity index (χ2n) is 7.33. The Kier molecular flexibility index (Phi) is 5.72. The van der Waals surface area contributed by atoms with Crippen molar-refractivity contribution >= 4 is 15.9 Å². The van der Waals surface area contributed by atoms with Crippen LogP contribution in [-0.4, -0.2) is 32.0 Å². The molecule has 146 valence electrons. The lowest BCUT2D eigenvalue weighted by Crippen LogP contribution is -2.42. The fourth-order valence-electron chi connectivity index (χ4n) is 3.62. The molecule has 1 amide bonds. The van der Waals surface area contributed by atoms with Gasteiger partial charge in [-0.15, -0.1) is 0 Å². The first-order valence-electron chi connectivity index (χ1n) is 9.15. The maximum atomic E-state index is 13.1. The van der Waals surface area contributed by atoms with Gasteiger partial charge in [0, 0.05) is 6.54 Å². The molecule has 2 atom stereocenters. The van der Waals surface area contributed by atoms with Crippen LogP contribution >= 0.6 is 0 Å². The Labute approximate surface area is 160 Å². The van der Waals surface area contributed by atoms with Gasteiger partial charge in [0.2, 0.25) is 10.0 Å². The molecule has 0 saturated carbocycles. The SMILES string of the molecule is Cc1ccc([C@@H]2[C@H](C)CCCN2C(=O)c2ccc(CNS(C)(=O)=O)o2)cc1. The van der Waals surface area contributed by atoms with Crippen molar-refractivity contribution in [3.8, 4) is 0 Å². The average Bonchev–Trinajstić information content (AvgIpc) is 3.09. The van der Waals surface area contributed by atoms with Crippen molar-refractivity contribution in [2.75, 3.05) is 12.8 Å². The highest BCUT2D eigenvalue weighted by Gasteiger charge is 2.34. The molecule has 0 unspecified atom stereocenters. The van der Waals surface area contributed by atoms with E-state index >= 15 is 0 Å². The zero-order valence-electron chi connectivity index (χ0n) is 15.9. The van der Waals surface area contributed by atoms with E-state index < -0.39 is 10.0 Å². The Hall–Kier alpha value is -2.12. The number of hydrogen-bond acceptors (Lipinski definition) is 4. The van der Waals surface area contributed by atoms with Gasteiger partial charge >= 0.3 is 0 Å². The summed E-state index contributed by atoms with van der Waals surface area (Å²) < 4.78 is 30.4. The third kappa shape index (κ3) is 4.78. The molecule has 0 radical (unpaired) electrons. The van der Waals surface area contributed by atoms with E-state index in [1.807, 2.05) is 11.8 Å². The molecule has 1 aliphatic heterocycles. The molecule has 0 bridgehead atoms. The summed E-state index contributed by atoms with van der Waals surface area (Å²) in [5, 5.41) is 0. The van der Waals surface area contributed by atoms with Gasteiger partial charge < -0.3 is 9.32 Å². The largest absolute Gasteiger partial charge is 0.455 e. The standard InChI is InChI=1S/C20H26N2O4S/c1-14-6-8-16(9-7-14)19-15(2)5-4-12-22(19)20(23)18-11-10-17(26-18)13-21-27(3,24)25/h6-11,15,19,21H,4-5,12-13H2,1-3H3/t15-,19+/m1/s1. The summed E-state index contributed by atoms with van der Waals surface area (Å²) in [4.78, 5) is 15.0. The summed E-state index contributed by atoms with van der Waals surface area (Å²) in [6.45, 7) is 4.93. The fraction of sp³-hybridized carbons (Fsp3) is 0.450. The van der Waals surface area contributed by atoms with Gasteiger partial charge in [0.25, 0.3) is 5.91 Å². The number of piperidine rings is 1. The van der Waals surface area contributed by atoms with Crippen LogP contribution in [0, 0.1) is 12.8 Å². The van der Waals surface area contributed by atoms with Crippen LogP contribution in [0.15, 0.2) is 40.8 Å². The molecular formula is C20H26N2O4S. The highest BCUT2D eigenvalue weighted by Crippen LogP contribution is 2.37. The molecule has 0 spiro atoms. The van der Waals surface area contributed by atoms with Crippen molar-refractivity contribution in [1.29, 1.82) is 0 Å². The Morgan fingerprint density at radius 2 is 1.93 bits per heavy atom. The second-order valence-corrected chi connectivity index (χ2v) is 9.17. The predicted molar refractivity (Wildman–Crippen MR) is 104 cm³/mol. The van der Waals surface area contributed by atoms with E-state index in [4.69, 9.17) is 4.42 Å². The number of benzene rings is 1. The van der Waals surface area contributed by atoms with E-state index in [0.717, 1.165) is 24.7 Å². The Morgan fingerprint density at radius 1 is 1.22 bits per heavy atom. The van der Waals surface area contributed by atoms with Crippen molar-refractivity contribution < 1.29 is 17.6 Å². The molecule has 1 aromatic heterocycles. The number of nitrogens with one attached hydrogen (secondary N) is 1. The molecule has 7 heteroatoms. The molecule has 1 aromatic carbocycles. The average molecular weight is 391 g/mol. The summed E-state index contributed by atoms with van der Waals surface area (Å²) >= 11 is 0. The van der Waals surface area contributed by atoms with Gasteiger partial charge in [0.1, 0.15) is 5.76 Å². The molecule has 1 saturated heterocycles. The van der Waals surface area contributed by atoms with E-state index in [-0.39, 0.29) is 24.3 Å². The van der Waals surface area contributed by atoms with Crippen LogP contribution < -0.4 is 4.72 Å². The molecular weight excluding hydrogens is 364 g/mol. The van der Waals surface area contributed by atoms with Crippen molar-refractivity contribution in [1.82, 2.24) is 9.62 Å². The molecule has 6 nitrogen and oxygen atoms in total. The lowest BCUT2D eigenvalue weighted by Gasteiger charge is -2.40. The number of aryl methyl sites for hydroxylation is 1. The molecule has 0 aliphatic carbocycles. The summed E-state index contributed by atoms with van der Waals surface area (Å²) in [5.74, 6) is 0.858. The maximum Gasteiger partial charge on any atom is 0.290 e. The van der Waals surface area contributed by atoms with Gasteiger partial charge in [0.05, 0.1) is 18.8 Å². The van der Waals surface area contributed by atoms with Crippen LogP contribution in [-0.2, 0) is 16.6 Å². The van der Waals surface area contributed by atoms with Crippen LogP contribution in [0.5, 0.6) is 0 Å². The number of rotatable bonds is 5. The Morgan fingerprint density at radius 3 is 2.59 bits per heavy atom. The molecule has 3 rings (SSSR count). The number of sulfonamides is 1. The quantitative estimate of drug-likeness (QED) is 0.850. The van der Waals surface area contributed by atoms with Crippen molar-refractivity contribution in [2.24, 2.45) is 5.92 Å². The monoisotopic (exact) mass is 390 g/mol. The first-order valence-corrected chi connectivity index (χ1v) is 11.0. The summed E-state index contributed by atoms with van der Waals surface area (Å²) in [7, 11) is -3.31. The number of furan rings is 1. The van der Waals surface area contributed by atoms with Crippen LogP contribution in [0.1, 0.15) is 53.2 Å². The minimum absolute atomic E-state index is 0.00884. The molecule has 27 heavy (non-hydrogen) atoms. The summed E-state index contributed by atoms with van der Waals surface area (Å²) in [6, 6.07) is 11.6. The van der Waals surface area contributed by atoms with E-state index in [2.05, 4.69) is 35.9 Å². The van der Waals surface area contributed by atoms with Gasteiger partial charge in [-0.2, -0.15) is 0 Å². The lowest BCUT2D eigenvalue weighted by molar-refractivity contribution is 0.0480. The number of amides is 1. The van der Waals surface area contributed by atoms with Gasteiger partial charge in [-0.1, -0.05) is 36.8 Å². The number of carbonyl (C=O) groups is 1. The molecule has 1 N–H and O–H groups in total. The topological polar surface area (TPSA) is 79.6 Å². The van der Waals surface area contributed by atoms with Gasteiger partial charge in [-0.25, -0.2) is 13.1 Å². The number of nitrogens with zero attached hydrogens (tertiary/aromatic N) is 1. The normalized spacial score (nSPS) is 20.6. The van der Waals surface area contributed by atoms with E-state index in [1.165, 1.54) is 5.56 Å². The number of hydrogen-bond donors (Lipinski definition) is 1. The Balaban J connectivity index is 1.81. The van der Waals surface area contributed by atoms with Crippen LogP contribution in [0.3, 0.4) is 0 Å². The third-order valence-corrected chi connectivity index (χ3v) is 5.66. The van der Waals surface area contributed by atoms with Gasteiger partial charge in [-0.3, -0.25) is 4.79 Å². The molecule has 1 aliphatic rings. The minimum atomic E-state index is -3.31. The summed E-state index contributed by atoms with van der Waals surface area (Å²) in [5.41, 5.74) is 2.32. The number of likely N-dealkylation sites (tertiary alicyclic amines) is 1. The zero-order chi connectivity index (χ0) is 19.6. The number of carbonyl (C=O) groups excluding carboxylic acids is 1. The van der Waals surface area contributed by atoms with Crippen molar-refractivity contribution in [2.45, 2.75) is 39.3 Å². The van der Waals surface area contributed by atoms with Crippen molar-refractivity contribution in [3.63, 3.8) is 0 Å². The maximum absolute atomic E-state index is 13.1. The smallest absolute Gasteiger partial charge is 0.290 e. The lowest BCUT2D eigenvalue weighted by atomic mass is 9.85. The van der Waals surface area contributed by atoms with Gasteiger partial charge in [0.15, 0.2) is 5.76 Å². The molecule has 2 heterocycles. The Bertz CT molecular complexity index is 902. The van der Waals surface area contributed by atoms with E-state index in [1.54, 1.807) is 12.1 Å². The third-order valence-electron chi connectivity index (χ3n) is 4.99. The van der Waals surface area contributed by atoms with Crippen LogP contribution in [0.4, 0.5) is 0 Å². The first-order chi connectivity index (χ1) is 12.7. The van der Waals surface area contributed by atoms with E-state index in [0.29, 0.717) is 18.2 Å². The molecule has 2 aromatic rings. The van der Waals surface area contributed by atoms with E-state index in [9.17, 15) is 13.2 Å². The second kappa shape index (κ2) is 7.86. The first kappa shape index (κ1) is 19.6. The van der Waals surface area contributed by atoms with Crippen molar-refractivity contribution in [3.05, 3.63) is 59.0 Å². The van der Waals surface area contributed by atoms with Gasteiger partial charge in [-0.05, 0) is 43.4 Å². The zero-order valence-corrected chi connectivity index (χ0v) is 16.8. The highest BCUT2D eigenvalue weighted by atomic mass is 32.2. The summed E-state index contributed by atoms with van der Waals surface area (Å²) in [6.07, 6.45) is 3.12. The minimum Gasteiger partial charge on any atom is -0.455 e. The molecule has 1 fully saturated rings. The van der Waals surface area contributed by atoms with Crippen LogP contribution in [0.2, 0.25) is 0 Å². The fourth-order valence-corrected chi connectivity index (χ4v) is 4.02. The highest BCUT2D eigenvalue weighted by molar-refractivity contribution is 7.88. The van der Waals surface area contributed by atoms with Crippen LogP contribution in [0.25, 0.3) is 0 Å².